The van der Waals surface area contributed by atoms with Gasteiger partial charge in [-0.3, -0.25) is 4.68 Å². The van der Waals surface area contributed by atoms with E-state index in [4.69, 9.17) is 0 Å². The van der Waals surface area contributed by atoms with E-state index in [9.17, 15) is 0 Å². The molecule has 0 unspecified atom stereocenters. The van der Waals surface area contributed by atoms with Gasteiger partial charge in [0.1, 0.15) is 0 Å². The molecule has 3 aromatic rings. The molecule has 3 rings (SSSR count). The van der Waals surface area contributed by atoms with Gasteiger partial charge in [-0.15, -0.1) is 0 Å². The molecule has 0 fully saturated rings. The fraction of sp³-hybridized carbons (Fsp3) is 0.250. The summed E-state index contributed by atoms with van der Waals surface area (Å²) in [7, 11) is 1.87. The van der Waals surface area contributed by atoms with Gasteiger partial charge in [0.25, 0.3) is 5.95 Å². The summed E-state index contributed by atoms with van der Waals surface area (Å²) in [6.45, 7) is 2.73. The largest absolute Gasteiger partial charge is 0.354 e. The first-order chi connectivity index (χ1) is 10.2. The molecule has 0 aliphatic heterocycles. The summed E-state index contributed by atoms with van der Waals surface area (Å²) in [4.78, 5) is 14.1. The molecule has 9 heteroatoms. The molecule has 108 valence electrons. The van der Waals surface area contributed by atoms with Crippen LogP contribution in [0.15, 0.2) is 40.9 Å². The Morgan fingerprint density at radius 2 is 2.14 bits per heavy atom. The maximum atomic E-state index is 4.43. The molecule has 3 aromatic heterocycles. The van der Waals surface area contributed by atoms with Gasteiger partial charge in [-0.1, -0.05) is 0 Å². The highest BCUT2D eigenvalue weighted by Crippen LogP contribution is 2.24. The minimum atomic E-state index is 0.484. The number of anilines is 1. The average Bonchev–Trinajstić information content (AvgIpc) is 3.11. The highest BCUT2D eigenvalue weighted by atomic mass is 32.2. The molecule has 0 spiro atoms. The van der Waals surface area contributed by atoms with Crippen molar-refractivity contribution in [3.63, 3.8) is 0 Å². The molecule has 0 atom stereocenters. The van der Waals surface area contributed by atoms with Gasteiger partial charge >= 0.3 is 0 Å². The monoisotopic (exact) mass is 302 g/mol. The minimum absolute atomic E-state index is 0.484. The summed E-state index contributed by atoms with van der Waals surface area (Å²) in [5.74, 6) is 1.02. The number of aromatic nitrogens is 7. The van der Waals surface area contributed by atoms with E-state index in [0.717, 1.165) is 11.4 Å². The van der Waals surface area contributed by atoms with Crippen LogP contribution in [0.25, 0.3) is 5.95 Å². The van der Waals surface area contributed by atoms with Gasteiger partial charge in [-0.2, -0.15) is 25.1 Å². The van der Waals surface area contributed by atoms with Crippen LogP contribution in [-0.4, -0.2) is 41.1 Å². The Bertz CT molecular complexity index is 721. The van der Waals surface area contributed by atoms with Crippen molar-refractivity contribution in [1.82, 2.24) is 34.5 Å². The third-order valence-corrected chi connectivity index (χ3v) is 3.35. The summed E-state index contributed by atoms with van der Waals surface area (Å²) in [6.07, 6.45) is 7.16. The molecule has 8 nitrogen and oxygen atoms in total. The van der Waals surface area contributed by atoms with E-state index in [0.29, 0.717) is 17.1 Å². The molecular formula is C12H14N8S. The van der Waals surface area contributed by atoms with Crippen molar-refractivity contribution in [3.8, 4) is 5.95 Å². The second-order valence-electron chi connectivity index (χ2n) is 4.17. The first-order valence-electron chi connectivity index (χ1n) is 6.41. The third-order valence-electron chi connectivity index (χ3n) is 2.54. The topological polar surface area (TPSA) is 86.3 Å². The van der Waals surface area contributed by atoms with Crippen LogP contribution in [0.4, 0.5) is 5.95 Å². The van der Waals surface area contributed by atoms with Crippen LogP contribution in [0.1, 0.15) is 6.92 Å². The summed E-state index contributed by atoms with van der Waals surface area (Å²) < 4.78 is 3.35. The van der Waals surface area contributed by atoms with Crippen molar-refractivity contribution in [2.45, 2.75) is 17.0 Å². The highest BCUT2D eigenvalue weighted by Gasteiger charge is 2.10. The van der Waals surface area contributed by atoms with Gasteiger partial charge in [-0.25, -0.2) is 4.68 Å². The van der Waals surface area contributed by atoms with E-state index in [-0.39, 0.29) is 0 Å². The standard InChI is InChI=1S/C12H14N8S/c1-3-13-10-16-11(20-6-4-5-14-20)18-12(17-10)21-9-7-15-19(2)8-9/h4-8H,3H2,1-2H3,(H,13,16,17,18). The zero-order chi connectivity index (χ0) is 14.7. The highest BCUT2D eigenvalue weighted by molar-refractivity contribution is 7.99. The quantitative estimate of drug-likeness (QED) is 0.761. The number of rotatable bonds is 5. The predicted molar refractivity (Wildman–Crippen MR) is 78.4 cm³/mol. The second-order valence-corrected chi connectivity index (χ2v) is 5.21. The minimum Gasteiger partial charge on any atom is -0.354 e. The van der Waals surface area contributed by atoms with Crippen molar-refractivity contribution < 1.29 is 0 Å². The Morgan fingerprint density at radius 1 is 1.24 bits per heavy atom. The molecule has 3 heterocycles. The van der Waals surface area contributed by atoms with Crippen molar-refractivity contribution in [1.29, 1.82) is 0 Å². The van der Waals surface area contributed by atoms with Gasteiger partial charge in [-0.05, 0) is 24.8 Å². The zero-order valence-corrected chi connectivity index (χ0v) is 12.4. The molecule has 0 radical (unpaired) electrons. The number of hydrogen-bond donors (Lipinski definition) is 1. The molecule has 0 saturated carbocycles. The van der Waals surface area contributed by atoms with Crippen molar-refractivity contribution >= 4 is 17.7 Å². The lowest BCUT2D eigenvalue weighted by Gasteiger charge is -2.06. The fourth-order valence-corrected chi connectivity index (χ4v) is 2.45. The van der Waals surface area contributed by atoms with Gasteiger partial charge in [0.15, 0.2) is 5.16 Å². The van der Waals surface area contributed by atoms with Crippen molar-refractivity contribution in [2.24, 2.45) is 7.05 Å². The van der Waals surface area contributed by atoms with E-state index in [1.165, 1.54) is 11.8 Å². The summed E-state index contributed by atoms with van der Waals surface area (Å²) >= 11 is 1.43. The Kier molecular flexibility index (Phi) is 3.82. The zero-order valence-electron chi connectivity index (χ0n) is 11.6. The lowest BCUT2D eigenvalue weighted by atomic mass is 10.7. The maximum absolute atomic E-state index is 4.43. The second kappa shape index (κ2) is 5.92. The number of aryl methyl sites for hydroxylation is 1. The number of hydrogen-bond acceptors (Lipinski definition) is 7. The molecule has 0 aliphatic rings. The Morgan fingerprint density at radius 3 is 2.81 bits per heavy atom. The first-order valence-corrected chi connectivity index (χ1v) is 7.22. The van der Waals surface area contributed by atoms with E-state index < -0.39 is 0 Å². The van der Waals surface area contributed by atoms with E-state index in [1.54, 1.807) is 28.0 Å². The van der Waals surface area contributed by atoms with Crippen LogP contribution in [-0.2, 0) is 7.05 Å². The fourth-order valence-electron chi connectivity index (χ4n) is 1.68. The van der Waals surface area contributed by atoms with Crippen molar-refractivity contribution in [3.05, 3.63) is 30.9 Å². The number of nitrogens with zero attached hydrogens (tertiary/aromatic N) is 7. The van der Waals surface area contributed by atoms with Crippen molar-refractivity contribution in [2.75, 3.05) is 11.9 Å². The normalized spacial score (nSPS) is 10.8. The molecule has 0 aliphatic carbocycles. The predicted octanol–water partition coefficient (Wildman–Crippen LogP) is 1.37. The summed E-state index contributed by atoms with van der Waals surface area (Å²) in [5, 5.41) is 12.0. The first kappa shape index (κ1) is 13.6. The average molecular weight is 302 g/mol. The molecule has 21 heavy (non-hydrogen) atoms. The molecule has 0 amide bonds. The maximum Gasteiger partial charge on any atom is 0.256 e. The van der Waals surface area contributed by atoms with Crippen LogP contribution < -0.4 is 5.32 Å². The molecular weight excluding hydrogens is 288 g/mol. The van der Waals surface area contributed by atoms with Crippen LogP contribution in [0, 0.1) is 0 Å². The third kappa shape index (κ3) is 3.19. The SMILES string of the molecule is CCNc1nc(Sc2cnn(C)c2)nc(-n2cccn2)n1. The molecule has 1 N–H and O–H groups in total. The van der Waals surface area contributed by atoms with Crippen LogP contribution in [0.2, 0.25) is 0 Å². The van der Waals surface area contributed by atoms with Crippen LogP contribution in [0.5, 0.6) is 0 Å². The smallest absolute Gasteiger partial charge is 0.256 e. The van der Waals surface area contributed by atoms with Gasteiger partial charge < -0.3 is 5.32 Å². The van der Waals surface area contributed by atoms with Gasteiger partial charge in [0.2, 0.25) is 5.95 Å². The lowest BCUT2D eigenvalue weighted by Crippen LogP contribution is -2.09. The van der Waals surface area contributed by atoms with Gasteiger partial charge in [0, 0.05) is 32.2 Å². The van der Waals surface area contributed by atoms with Crippen LogP contribution >= 0.6 is 11.8 Å². The van der Waals surface area contributed by atoms with Gasteiger partial charge in [0.05, 0.1) is 11.1 Å². The van der Waals surface area contributed by atoms with Crippen LogP contribution in [0.3, 0.4) is 0 Å². The Labute approximate surface area is 125 Å². The van der Waals surface area contributed by atoms with E-state index >= 15 is 0 Å². The van der Waals surface area contributed by atoms with E-state index in [2.05, 4.69) is 30.5 Å². The molecule has 0 aromatic carbocycles. The lowest BCUT2D eigenvalue weighted by molar-refractivity contribution is 0.760. The summed E-state index contributed by atoms with van der Waals surface area (Å²) in [5.41, 5.74) is 0. The molecule has 0 bridgehead atoms. The Hall–Kier alpha value is -2.42. The van der Waals surface area contributed by atoms with E-state index in [1.807, 2.05) is 26.2 Å². The molecule has 0 saturated heterocycles. The number of nitrogens with one attached hydrogen (secondary N) is 1. The Balaban J connectivity index is 1.95. The summed E-state index contributed by atoms with van der Waals surface area (Å²) in [6, 6.07) is 1.82.